The molecule has 1 aliphatic rings. The molecule has 3 nitrogen and oxygen atoms in total. The van der Waals surface area contributed by atoms with Crippen LogP contribution < -0.4 is 10.2 Å². The molecule has 1 aliphatic heterocycles. The van der Waals surface area contributed by atoms with E-state index in [4.69, 9.17) is 20.9 Å². The van der Waals surface area contributed by atoms with Gasteiger partial charge in [0.25, 0.3) is 0 Å². The van der Waals surface area contributed by atoms with E-state index in [0.29, 0.717) is 21.6 Å². The highest BCUT2D eigenvalue weighted by Gasteiger charge is 2.51. The molecule has 2 aromatic carbocycles. The predicted molar refractivity (Wildman–Crippen MR) is 99.3 cm³/mol. The molecular weight excluding hydrogens is 379 g/mol. The number of hydrogen-bond donors (Lipinski definition) is 0. The molecule has 1 saturated heterocycles. The van der Waals surface area contributed by atoms with E-state index >= 15 is 0 Å². The zero-order valence-electron chi connectivity index (χ0n) is 15.4. The largest absolute Gasteiger partial charge is 0.573 e. The SMILES string of the molecule is CC1(C)OB(c2ccc(-c3ccc(Cl)cc3)c(OC(F)(F)F)c2)OC1(C)C. The van der Waals surface area contributed by atoms with Gasteiger partial charge in [0.1, 0.15) is 5.75 Å². The van der Waals surface area contributed by atoms with Crippen LogP contribution in [0.5, 0.6) is 5.75 Å². The zero-order valence-corrected chi connectivity index (χ0v) is 16.1. The first kappa shape index (κ1) is 20.0. The molecular formula is C19H19BClF3O3. The lowest BCUT2D eigenvalue weighted by Crippen LogP contribution is -2.41. The van der Waals surface area contributed by atoms with Gasteiger partial charge in [0.05, 0.1) is 11.2 Å². The molecule has 0 atom stereocenters. The lowest BCUT2D eigenvalue weighted by Gasteiger charge is -2.32. The van der Waals surface area contributed by atoms with Gasteiger partial charge in [-0.1, -0.05) is 35.9 Å². The van der Waals surface area contributed by atoms with Crippen molar-refractivity contribution in [2.75, 3.05) is 0 Å². The van der Waals surface area contributed by atoms with Crippen molar-refractivity contribution < 1.29 is 27.2 Å². The van der Waals surface area contributed by atoms with Gasteiger partial charge < -0.3 is 14.0 Å². The van der Waals surface area contributed by atoms with Crippen molar-refractivity contribution in [3.8, 4) is 16.9 Å². The molecule has 0 bridgehead atoms. The Labute approximate surface area is 161 Å². The van der Waals surface area contributed by atoms with Gasteiger partial charge in [0.15, 0.2) is 0 Å². The van der Waals surface area contributed by atoms with E-state index in [2.05, 4.69) is 4.74 Å². The highest BCUT2D eigenvalue weighted by molar-refractivity contribution is 6.62. The van der Waals surface area contributed by atoms with Crippen molar-refractivity contribution in [1.29, 1.82) is 0 Å². The minimum Gasteiger partial charge on any atom is -0.405 e. The van der Waals surface area contributed by atoms with Gasteiger partial charge in [-0.25, -0.2) is 0 Å². The fourth-order valence-corrected chi connectivity index (χ4v) is 2.87. The maximum absolute atomic E-state index is 13.0. The molecule has 0 unspecified atom stereocenters. The standard InChI is InChI=1S/C19H19BClF3O3/c1-17(2)18(3,4)27-20(26-17)13-7-10-15(12-5-8-14(21)9-6-12)16(11-13)25-19(22,23)24/h5-11H,1-4H3. The highest BCUT2D eigenvalue weighted by Crippen LogP contribution is 2.38. The molecule has 2 aromatic rings. The lowest BCUT2D eigenvalue weighted by molar-refractivity contribution is -0.274. The number of hydrogen-bond acceptors (Lipinski definition) is 3. The molecule has 1 fully saturated rings. The molecule has 1 heterocycles. The maximum Gasteiger partial charge on any atom is 0.573 e. The lowest BCUT2D eigenvalue weighted by atomic mass is 9.78. The number of rotatable bonds is 3. The Morgan fingerprint density at radius 3 is 2.00 bits per heavy atom. The molecule has 0 aliphatic carbocycles. The Bertz CT molecular complexity index is 819. The molecule has 0 radical (unpaired) electrons. The molecule has 0 saturated carbocycles. The van der Waals surface area contributed by atoms with Crippen LogP contribution in [0.1, 0.15) is 27.7 Å². The topological polar surface area (TPSA) is 27.7 Å². The van der Waals surface area contributed by atoms with Gasteiger partial charge >= 0.3 is 13.5 Å². The van der Waals surface area contributed by atoms with Gasteiger partial charge in [-0.15, -0.1) is 13.2 Å². The van der Waals surface area contributed by atoms with Crippen LogP contribution in [0.3, 0.4) is 0 Å². The summed E-state index contributed by atoms with van der Waals surface area (Å²) in [4.78, 5) is 0. The Hall–Kier alpha value is -1.70. The van der Waals surface area contributed by atoms with E-state index in [0.717, 1.165) is 0 Å². The van der Waals surface area contributed by atoms with Crippen molar-refractivity contribution in [3.63, 3.8) is 0 Å². The van der Waals surface area contributed by atoms with Crippen molar-refractivity contribution in [3.05, 3.63) is 47.5 Å². The summed E-state index contributed by atoms with van der Waals surface area (Å²) in [5.41, 5.74) is 0.101. The smallest absolute Gasteiger partial charge is 0.405 e. The van der Waals surface area contributed by atoms with E-state index in [-0.39, 0.29) is 5.75 Å². The first-order valence-electron chi connectivity index (χ1n) is 8.39. The molecule has 3 rings (SSSR count). The van der Waals surface area contributed by atoms with Gasteiger partial charge in [-0.2, -0.15) is 0 Å². The summed E-state index contributed by atoms with van der Waals surface area (Å²) in [5, 5.41) is 0.492. The Kier molecular flexibility index (Phi) is 4.99. The Morgan fingerprint density at radius 2 is 1.48 bits per heavy atom. The molecule has 8 heteroatoms. The summed E-state index contributed by atoms with van der Waals surface area (Å²) in [7, 11) is -0.787. The second-order valence-electron chi connectivity index (χ2n) is 7.40. The van der Waals surface area contributed by atoms with Crippen LogP contribution in [-0.2, 0) is 9.31 Å². The minimum atomic E-state index is -4.82. The summed E-state index contributed by atoms with van der Waals surface area (Å²) < 4.78 is 55.0. The molecule has 0 N–H and O–H groups in total. The van der Waals surface area contributed by atoms with Crippen LogP contribution in [0.2, 0.25) is 5.02 Å². The van der Waals surface area contributed by atoms with E-state index < -0.39 is 24.7 Å². The van der Waals surface area contributed by atoms with Crippen LogP contribution in [0, 0.1) is 0 Å². The van der Waals surface area contributed by atoms with Crippen LogP contribution in [0.25, 0.3) is 11.1 Å². The van der Waals surface area contributed by atoms with Crippen LogP contribution in [0.15, 0.2) is 42.5 Å². The molecule has 27 heavy (non-hydrogen) atoms. The third-order valence-corrected chi connectivity index (χ3v) is 5.16. The first-order chi connectivity index (χ1) is 12.4. The monoisotopic (exact) mass is 398 g/mol. The minimum absolute atomic E-state index is 0.296. The van der Waals surface area contributed by atoms with Crippen LogP contribution in [0.4, 0.5) is 13.2 Å². The number of halogens is 4. The molecule has 144 valence electrons. The van der Waals surface area contributed by atoms with Crippen molar-refractivity contribution >= 4 is 24.2 Å². The fraction of sp³-hybridized carbons (Fsp3) is 0.368. The van der Waals surface area contributed by atoms with Gasteiger partial charge in [0, 0.05) is 10.6 Å². The third-order valence-electron chi connectivity index (χ3n) is 4.91. The highest BCUT2D eigenvalue weighted by atomic mass is 35.5. The first-order valence-corrected chi connectivity index (χ1v) is 8.77. The summed E-state index contributed by atoms with van der Waals surface area (Å²) in [5.74, 6) is -0.322. The normalized spacial score (nSPS) is 18.6. The fourth-order valence-electron chi connectivity index (χ4n) is 2.74. The summed E-state index contributed by atoms with van der Waals surface area (Å²) in [6.45, 7) is 7.51. The van der Waals surface area contributed by atoms with Crippen molar-refractivity contribution in [2.45, 2.75) is 45.3 Å². The van der Waals surface area contributed by atoms with Crippen LogP contribution in [-0.4, -0.2) is 24.7 Å². The number of ether oxygens (including phenoxy) is 1. The van der Waals surface area contributed by atoms with Crippen molar-refractivity contribution in [1.82, 2.24) is 0 Å². The van der Waals surface area contributed by atoms with E-state index in [9.17, 15) is 13.2 Å². The Morgan fingerprint density at radius 1 is 0.926 bits per heavy atom. The second kappa shape index (κ2) is 6.72. The summed E-state index contributed by atoms with van der Waals surface area (Å²) >= 11 is 5.87. The Balaban J connectivity index is 2.01. The molecule has 0 amide bonds. The molecule has 0 spiro atoms. The average molecular weight is 399 g/mol. The average Bonchev–Trinajstić information content (AvgIpc) is 2.75. The maximum atomic E-state index is 13.0. The van der Waals surface area contributed by atoms with E-state index in [1.165, 1.54) is 6.07 Å². The zero-order chi connectivity index (χ0) is 20.0. The third kappa shape index (κ3) is 4.26. The van der Waals surface area contributed by atoms with Gasteiger partial charge in [-0.05, 0) is 56.9 Å². The quantitative estimate of drug-likeness (QED) is 0.665. The van der Waals surface area contributed by atoms with Gasteiger partial charge in [-0.3, -0.25) is 0 Å². The number of benzene rings is 2. The van der Waals surface area contributed by atoms with Crippen LogP contribution >= 0.6 is 11.6 Å². The van der Waals surface area contributed by atoms with E-state index in [1.807, 2.05) is 27.7 Å². The number of alkyl halides is 3. The van der Waals surface area contributed by atoms with Gasteiger partial charge in [0.2, 0.25) is 0 Å². The second-order valence-corrected chi connectivity index (χ2v) is 7.83. The predicted octanol–water partition coefficient (Wildman–Crippen LogP) is 5.20. The summed E-state index contributed by atoms with van der Waals surface area (Å²) in [6, 6.07) is 11.0. The van der Waals surface area contributed by atoms with E-state index in [1.54, 1.807) is 36.4 Å². The van der Waals surface area contributed by atoms with Crippen molar-refractivity contribution in [2.24, 2.45) is 0 Å². The molecule has 0 aromatic heterocycles. The summed E-state index contributed by atoms with van der Waals surface area (Å²) in [6.07, 6.45) is -4.82.